The molecule has 0 heterocycles. The standard InChI is InChI=1S/C17H26BrN/c1-2-19-17(12-14-7-4-3-5-8-14)13-15-9-6-10-16(18)11-15/h6,9-11,14,17,19H,2-5,7-8,12-13H2,1H3. The van der Waals surface area contributed by atoms with Gasteiger partial charge >= 0.3 is 0 Å². The van der Waals surface area contributed by atoms with Crippen molar-refractivity contribution < 1.29 is 0 Å². The first-order valence-electron chi connectivity index (χ1n) is 7.75. The van der Waals surface area contributed by atoms with Gasteiger partial charge in [-0.1, -0.05) is 67.1 Å². The number of nitrogens with one attached hydrogen (secondary N) is 1. The number of hydrogen-bond acceptors (Lipinski definition) is 1. The summed E-state index contributed by atoms with van der Waals surface area (Å²) in [5, 5.41) is 3.68. The Hall–Kier alpha value is -0.340. The van der Waals surface area contributed by atoms with E-state index in [9.17, 15) is 0 Å². The van der Waals surface area contributed by atoms with Gasteiger partial charge in [-0.25, -0.2) is 0 Å². The zero-order valence-corrected chi connectivity index (χ0v) is 13.6. The highest BCUT2D eigenvalue weighted by Crippen LogP contribution is 2.28. The second-order valence-electron chi connectivity index (χ2n) is 5.83. The lowest BCUT2D eigenvalue weighted by molar-refractivity contribution is 0.298. The van der Waals surface area contributed by atoms with Crippen molar-refractivity contribution >= 4 is 15.9 Å². The molecule has 1 unspecified atom stereocenters. The fourth-order valence-corrected chi connectivity index (χ4v) is 3.75. The van der Waals surface area contributed by atoms with E-state index in [-0.39, 0.29) is 0 Å². The van der Waals surface area contributed by atoms with Crippen molar-refractivity contribution in [2.45, 2.75) is 57.9 Å². The van der Waals surface area contributed by atoms with Crippen LogP contribution in [0.5, 0.6) is 0 Å². The number of benzene rings is 1. The van der Waals surface area contributed by atoms with E-state index in [4.69, 9.17) is 0 Å². The average molecular weight is 324 g/mol. The second-order valence-corrected chi connectivity index (χ2v) is 6.74. The van der Waals surface area contributed by atoms with Gasteiger partial charge in [-0.2, -0.15) is 0 Å². The maximum atomic E-state index is 3.68. The number of likely N-dealkylation sites (N-methyl/N-ethyl adjacent to an activating group) is 1. The minimum Gasteiger partial charge on any atom is -0.314 e. The lowest BCUT2D eigenvalue weighted by Crippen LogP contribution is -2.33. The summed E-state index contributed by atoms with van der Waals surface area (Å²) in [6.45, 7) is 3.29. The molecule has 19 heavy (non-hydrogen) atoms. The Morgan fingerprint density at radius 2 is 2.05 bits per heavy atom. The van der Waals surface area contributed by atoms with Gasteiger partial charge in [-0.15, -0.1) is 0 Å². The zero-order chi connectivity index (χ0) is 13.5. The molecule has 1 N–H and O–H groups in total. The monoisotopic (exact) mass is 323 g/mol. The van der Waals surface area contributed by atoms with E-state index in [1.165, 1.54) is 48.6 Å². The Kier molecular flexibility index (Phi) is 6.39. The molecular weight excluding hydrogens is 298 g/mol. The Labute approximate surface area is 126 Å². The SMILES string of the molecule is CCNC(Cc1cccc(Br)c1)CC1CCCCC1. The smallest absolute Gasteiger partial charge is 0.0178 e. The van der Waals surface area contributed by atoms with E-state index < -0.39 is 0 Å². The third-order valence-corrected chi connectivity index (χ3v) is 4.70. The molecule has 0 bridgehead atoms. The first-order valence-corrected chi connectivity index (χ1v) is 8.55. The van der Waals surface area contributed by atoms with Crippen molar-refractivity contribution in [3.8, 4) is 0 Å². The van der Waals surface area contributed by atoms with E-state index in [2.05, 4.69) is 52.4 Å². The molecule has 2 heteroatoms. The fraction of sp³-hybridized carbons (Fsp3) is 0.647. The van der Waals surface area contributed by atoms with Crippen molar-refractivity contribution in [3.63, 3.8) is 0 Å². The molecule has 1 aromatic carbocycles. The minimum atomic E-state index is 0.641. The highest BCUT2D eigenvalue weighted by atomic mass is 79.9. The van der Waals surface area contributed by atoms with Gasteiger partial charge in [0, 0.05) is 10.5 Å². The van der Waals surface area contributed by atoms with Crippen LogP contribution in [-0.4, -0.2) is 12.6 Å². The lowest BCUT2D eigenvalue weighted by atomic mass is 9.83. The molecule has 106 valence electrons. The number of hydrogen-bond donors (Lipinski definition) is 1. The van der Waals surface area contributed by atoms with Gasteiger partial charge in [0.05, 0.1) is 0 Å². The molecule has 0 spiro atoms. The lowest BCUT2D eigenvalue weighted by Gasteiger charge is -2.27. The van der Waals surface area contributed by atoms with Gasteiger partial charge in [0.15, 0.2) is 0 Å². The predicted molar refractivity (Wildman–Crippen MR) is 86.5 cm³/mol. The predicted octanol–water partition coefficient (Wildman–Crippen LogP) is 4.94. The largest absolute Gasteiger partial charge is 0.314 e. The average Bonchev–Trinajstić information content (AvgIpc) is 2.40. The maximum absolute atomic E-state index is 3.68. The van der Waals surface area contributed by atoms with E-state index >= 15 is 0 Å². The molecule has 1 atom stereocenters. The summed E-state index contributed by atoms with van der Waals surface area (Å²) >= 11 is 3.57. The van der Waals surface area contributed by atoms with Crippen LogP contribution in [0.25, 0.3) is 0 Å². The highest BCUT2D eigenvalue weighted by molar-refractivity contribution is 9.10. The van der Waals surface area contributed by atoms with Gasteiger partial charge in [-0.3, -0.25) is 0 Å². The molecule has 1 aliphatic rings. The van der Waals surface area contributed by atoms with Crippen LogP contribution in [0.2, 0.25) is 0 Å². The third-order valence-electron chi connectivity index (χ3n) is 4.21. The molecule has 1 nitrogen and oxygen atoms in total. The minimum absolute atomic E-state index is 0.641. The molecule has 0 radical (unpaired) electrons. The van der Waals surface area contributed by atoms with Gasteiger partial charge in [0.1, 0.15) is 0 Å². The van der Waals surface area contributed by atoms with Crippen LogP contribution in [-0.2, 0) is 6.42 Å². The van der Waals surface area contributed by atoms with Crippen molar-refractivity contribution in [2.24, 2.45) is 5.92 Å². The highest BCUT2D eigenvalue weighted by Gasteiger charge is 2.18. The molecule has 1 saturated carbocycles. The van der Waals surface area contributed by atoms with Crippen molar-refractivity contribution in [2.75, 3.05) is 6.54 Å². The zero-order valence-electron chi connectivity index (χ0n) is 12.0. The molecule has 1 fully saturated rings. The van der Waals surface area contributed by atoms with Crippen molar-refractivity contribution in [1.29, 1.82) is 0 Å². The molecule has 0 aliphatic heterocycles. The topological polar surface area (TPSA) is 12.0 Å². The number of halogens is 1. The van der Waals surface area contributed by atoms with Crippen LogP contribution in [0.4, 0.5) is 0 Å². The number of rotatable bonds is 6. The quantitative estimate of drug-likeness (QED) is 0.781. The van der Waals surface area contributed by atoms with Gasteiger partial charge in [0.2, 0.25) is 0 Å². The normalized spacial score (nSPS) is 18.4. The summed E-state index contributed by atoms with van der Waals surface area (Å²) in [6.07, 6.45) is 9.74. The summed E-state index contributed by atoms with van der Waals surface area (Å²) < 4.78 is 1.19. The summed E-state index contributed by atoms with van der Waals surface area (Å²) in [5.41, 5.74) is 1.44. The van der Waals surface area contributed by atoms with Gasteiger partial charge in [-0.05, 0) is 43.0 Å². The van der Waals surface area contributed by atoms with Crippen LogP contribution < -0.4 is 5.32 Å². The second kappa shape index (κ2) is 8.06. The van der Waals surface area contributed by atoms with E-state index in [0.717, 1.165) is 18.9 Å². The Bertz CT molecular complexity index is 371. The van der Waals surface area contributed by atoms with Crippen molar-refractivity contribution in [1.82, 2.24) is 5.32 Å². The van der Waals surface area contributed by atoms with Crippen LogP contribution >= 0.6 is 15.9 Å². The maximum Gasteiger partial charge on any atom is 0.0178 e. The van der Waals surface area contributed by atoms with Crippen LogP contribution in [0, 0.1) is 5.92 Å². The van der Waals surface area contributed by atoms with Crippen LogP contribution in [0.15, 0.2) is 28.7 Å². The summed E-state index contributed by atoms with van der Waals surface area (Å²) in [5.74, 6) is 0.949. The summed E-state index contributed by atoms with van der Waals surface area (Å²) in [7, 11) is 0. The summed E-state index contributed by atoms with van der Waals surface area (Å²) in [6, 6.07) is 9.39. The summed E-state index contributed by atoms with van der Waals surface area (Å²) in [4.78, 5) is 0. The Morgan fingerprint density at radius 3 is 2.74 bits per heavy atom. The van der Waals surface area contributed by atoms with Crippen LogP contribution in [0.3, 0.4) is 0 Å². The molecule has 0 saturated heterocycles. The third kappa shape index (κ3) is 5.27. The first-order chi connectivity index (χ1) is 9.28. The van der Waals surface area contributed by atoms with Crippen molar-refractivity contribution in [3.05, 3.63) is 34.3 Å². The Balaban J connectivity index is 1.91. The van der Waals surface area contributed by atoms with Gasteiger partial charge in [0.25, 0.3) is 0 Å². The van der Waals surface area contributed by atoms with Gasteiger partial charge < -0.3 is 5.32 Å². The van der Waals surface area contributed by atoms with E-state index in [1.54, 1.807) is 0 Å². The van der Waals surface area contributed by atoms with E-state index in [0.29, 0.717) is 6.04 Å². The van der Waals surface area contributed by atoms with Crippen LogP contribution in [0.1, 0.15) is 51.0 Å². The molecule has 1 aliphatic carbocycles. The van der Waals surface area contributed by atoms with E-state index in [1.807, 2.05) is 0 Å². The molecule has 0 amide bonds. The Morgan fingerprint density at radius 1 is 1.26 bits per heavy atom. The molecule has 1 aromatic rings. The molecular formula is C17H26BrN. The molecule has 2 rings (SSSR count). The first kappa shape index (κ1) is 15.1. The molecule has 0 aromatic heterocycles. The fourth-order valence-electron chi connectivity index (χ4n) is 3.30.